The fourth-order valence-corrected chi connectivity index (χ4v) is 1.03. The van der Waals surface area contributed by atoms with Crippen molar-refractivity contribution in [1.29, 1.82) is 0 Å². The number of carbonyl (C=O) groups is 1. The Hall–Kier alpha value is -1.25. The second kappa shape index (κ2) is 5.39. The van der Waals surface area contributed by atoms with Crippen LogP contribution in [0.3, 0.4) is 0 Å². The van der Waals surface area contributed by atoms with Gasteiger partial charge >= 0.3 is 12.2 Å². The number of aliphatic hydroxyl groups excluding tert-OH is 3. The molecule has 0 fully saturated rings. The van der Waals surface area contributed by atoms with Gasteiger partial charge in [0.1, 0.15) is 5.60 Å². The second-order valence-corrected chi connectivity index (χ2v) is 4.63. The molecular weight excluding hydrogens is 234 g/mol. The number of rotatable bonds is 5. The van der Waals surface area contributed by atoms with E-state index in [4.69, 9.17) is 14.9 Å². The number of ether oxygens (including phenoxy) is 1. The van der Waals surface area contributed by atoms with Gasteiger partial charge in [-0.3, -0.25) is 14.9 Å². The van der Waals surface area contributed by atoms with E-state index in [1.165, 1.54) is 20.8 Å². The third-order valence-electron chi connectivity index (χ3n) is 2.06. The number of carbonyl (C=O) groups excluding carboxylic acids is 1. The molecular formula is C9H17NO7. The van der Waals surface area contributed by atoms with E-state index in [1.54, 1.807) is 0 Å². The molecule has 0 saturated heterocycles. The quantitative estimate of drug-likeness (QED) is 0.244. The molecule has 100 valence electrons. The van der Waals surface area contributed by atoms with Crippen LogP contribution in [0.15, 0.2) is 0 Å². The van der Waals surface area contributed by atoms with Crippen molar-refractivity contribution in [3.63, 3.8) is 0 Å². The number of hydrogen-bond acceptors (Lipinski definition) is 7. The first-order valence-corrected chi connectivity index (χ1v) is 4.87. The number of hydrogen-bond donors (Lipinski definition) is 3. The summed E-state index contributed by atoms with van der Waals surface area (Å²) in [6.45, 7) is 2.36. The minimum absolute atomic E-state index is 0.955. The fraction of sp³-hybridized carbons (Fsp3) is 0.889. The maximum absolute atomic E-state index is 11.7. The Morgan fingerprint density at radius 1 is 1.35 bits per heavy atom. The van der Waals surface area contributed by atoms with Crippen LogP contribution < -0.4 is 0 Å². The van der Waals surface area contributed by atoms with E-state index in [-0.39, 0.29) is 0 Å². The summed E-state index contributed by atoms with van der Waals surface area (Å²) >= 11 is 0. The van der Waals surface area contributed by atoms with Crippen LogP contribution in [-0.2, 0) is 9.53 Å². The summed E-state index contributed by atoms with van der Waals surface area (Å²) in [4.78, 5) is 21.0. The van der Waals surface area contributed by atoms with Crippen LogP contribution in [0.2, 0.25) is 0 Å². The van der Waals surface area contributed by atoms with E-state index in [1.807, 2.05) is 0 Å². The molecule has 3 N–H and O–H groups in total. The molecule has 0 aromatic rings. The van der Waals surface area contributed by atoms with Gasteiger partial charge in [-0.25, -0.2) is 0 Å². The Morgan fingerprint density at radius 3 is 2.00 bits per heavy atom. The van der Waals surface area contributed by atoms with Gasteiger partial charge in [0.05, 0.1) is 18.1 Å². The molecule has 1 atom stereocenters. The molecule has 0 bridgehead atoms. The number of aliphatic hydroxyl groups is 3. The molecule has 8 nitrogen and oxygen atoms in total. The van der Waals surface area contributed by atoms with Crippen LogP contribution in [0.25, 0.3) is 0 Å². The molecule has 0 spiro atoms. The molecule has 0 aliphatic carbocycles. The van der Waals surface area contributed by atoms with E-state index < -0.39 is 41.4 Å². The first-order valence-electron chi connectivity index (χ1n) is 4.87. The van der Waals surface area contributed by atoms with Gasteiger partial charge in [-0.15, -0.1) is 0 Å². The second-order valence-electron chi connectivity index (χ2n) is 4.63. The summed E-state index contributed by atoms with van der Waals surface area (Å²) in [6.07, 6.45) is -2.44. The van der Waals surface area contributed by atoms with Gasteiger partial charge in [0.25, 0.3) is 0 Å². The molecule has 0 amide bonds. The maximum atomic E-state index is 11.7. The monoisotopic (exact) mass is 251 g/mol. The molecule has 0 aromatic heterocycles. The van der Waals surface area contributed by atoms with Crippen molar-refractivity contribution in [3.8, 4) is 0 Å². The first kappa shape index (κ1) is 15.8. The first-order chi connectivity index (χ1) is 7.60. The molecule has 0 aromatic carbocycles. The Kier molecular flexibility index (Phi) is 4.99. The molecule has 0 heterocycles. The lowest BCUT2D eigenvalue weighted by Crippen LogP contribution is -2.54. The van der Waals surface area contributed by atoms with E-state index in [0.29, 0.717) is 0 Å². The van der Waals surface area contributed by atoms with Gasteiger partial charge in [-0.1, -0.05) is 0 Å². The van der Waals surface area contributed by atoms with Crippen LogP contribution >= 0.6 is 0 Å². The minimum Gasteiger partial charge on any atom is -0.459 e. The van der Waals surface area contributed by atoms with Crippen molar-refractivity contribution in [3.05, 3.63) is 10.1 Å². The maximum Gasteiger partial charge on any atom is 0.333 e. The van der Waals surface area contributed by atoms with Crippen LogP contribution in [0, 0.1) is 15.5 Å². The van der Waals surface area contributed by atoms with Crippen molar-refractivity contribution in [2.45, 2.75) is 32.6 Å². The zero-order chi connectivity index (χ0) is 13.9. The lowest BCUT2D eigenvalue weighted by atomic mass is 9.88. The third kappa shape index (κ3) is 3.62. The van der Waals surface area contributed by atoms with Gasteiger partial charge in [-0.2, -0.15) is 0 Å². The zero-order valence-electron chi connectivity index (χ0n) is 9.91. The predicted molar refractivity (Wildman–Crippen MR) is 55.5 cm³/mol. The summed E-state index contributed by atoms with van der Waals surface area (Å²) in [7, 11) is 0. The third-order valence-corrected chi connectivity index (χ3v) is 2.06. The van der Waals surface area contributed by atoms with Crippen molar-refractivity contribution >= 4 is 5.97 Å². The molecule has 0 aliphatic rings. The van der Waals surface area contributed by atoms with Crippen LogP contribution in [-0.4, -0.2) is 51.3 Å². The number of nitrogens with zero attached hydrogens (tertiary/aromatic N) is 1. The molecule has 1 unspecified atom stereocenters. The highest BCUT2D eigenvalue weighted by atomic mass is 16.7. The molecule has 0 aliphatic heterocycles. The molecule has 17 heavy (non-hydrogen) atoms. The van der Waals surface area contributed by atoms with Crippen LogP contribution in [0.4, 0.5) is 0 Å². The highest BCUT2D eigenvalue weighted by molar-refractivity contribution is 5.78. The number of nitro groups is 1. The SMILES string of the molecule is CC(C)(C)OC(=O)C(CO)(CO)C(O)[N+](=O)[O-]. The van der Waals surface area contributed by atoms with Gasteiger partial charge in [0.15, 0.2) is 0 Å². The van der Waals surface area contributed by atoms with Crippen molar-refractivity contribution in [2.24, 2.45) is 5.41 Å². The Labute approximate surface area is 98.0 Å². The standard InChI is InChI=1S/C9H17NO7/c1-8(2,3)17-7(14)9(4-11,5-12)6(13)10(15)16/h6,11-13H,4-5H2,1-3H3. The minimum atomic E-state index is -2.44. The Bertz CT molecular complexity index is 292. The van der Waals surface area contributed by atoms with E-state index in [2.05, 4.69) is 0 Å². The van der Waals surface area contributed by atoms with Crippen molar-refractivity contribution < 1.29 is 29.8 Å². The van der Waals surface area contributed by atoms with Crippen LogP contribution in [0.5, 0.6) is 0 Å². The summed E-state index contributed by atoms with van der Waals surface area (Å²) in [5, 5.41) is 37.8. The van der Waals surface area contributed by atoms with Crippen molar-refractivity contribution in [2.75, 3.05) is 13.2 Å². The lowest BCUT2D eigenvalue weighted by molar-refractivity contribution is -0.590. The smallest absolute Gasteiger partial charge is 0.333 e. The van der Waals surface area contributed by atoms with E-state index >= 15 is 0 Å². The average molecular weight is 251 g/mol. The number of esters is 1. The van der Waals surface area contributed by atoms with Gasteiger partial charge in [-0.05, 0) is 20.8 Å². The Morgan fingerprint density at radius 2 is 1.76 bits per heavy atom. The normalized spacial score (nSPS) is 14.2. The lowest BCUT2D eigenvalue weighted by Gasteiger charge is -2.30. The van der Waals surface area contributed by atoms with E-state index in [0.717, 1.165) is 0 Å². The van der Waals surface area contributed by atoms with Gasteiger partial charge in [0.2, 0.25) is 5.41 Å². The molecule has 0 rings (SSSR count). The zero-order valence-corrected chi connectivity index (χ0v) is 9.91. The van der Waals surface area contributed by atoms with Gasteiger partial charge in [0, 0.05) is 0 Å². The summed E-state index contributed by atoms with van der Waals surface area (Å²) in [5.74, 6) is -1.22. The molecule has 0 saturated carbocycles. The Balaban J connectivity index is 5.20. The van der Waals surface area contributed by atoms with Crippen molar-refractivity contribution in [1.82, 2.24) is 0 Å². The highest BCUT2D eigenvalue weighted by Gasteiger charge is 2.54. The largest absolute Gasteiger partial charge is 0.459 e. The topological polar surface area (TPSA) is 130 Å². The van der Waals surface area contributed by atoms with E-state index in [9.17, 15) is 20.0 Å². The molecule has 8 heteroatoms. The van der Waals surface area contributed by atoms with Gasteiger partial charge < -0.3 is 20.1 Å². The summed E-state index contributed by atoms with van der Waals surface area (Å²) < 4.78 is 4.83. The highest BCUT2D eigenvalue weighted by Crippen LogP contribution is 2.26. The summed E-state index contributed by atoms with van der Waals surface area (Å²) in [6, 6.07) is 0. The predicted octanol–water partition coefficient (Wildman–Crippen LogP) is -1.11. The molecule has 0 radical (unpaired) electrons. The fourth-order valence-electron chi connectivity index (χ4n) is 1.03. The summed E-state index contributed by atoms with van der Waals surface area (Å²) in [5.41, 5.74) is -3.32. The van der Waals surface area contributed by atoms with Crippen LogP contribution in [0.1, 0.15) is 20.8 Å². The average Bonchev–Trinajstić information content (AvgIpc) is 2.17.